The number of hydrogen-bond donors (Lipinski definition) is 0. The van der Waals surface area contributed by atoms with Crippen LogP contribution in [0.4, 0.5) is 0 Å². The molecule has 0 saturated heterocycles. The molecule has 5 rings (SSSR count). The number of nitrogens with zero attached hydrogens (tertiary/aromatic N) is 2. The lowest BCUT2D eigenvalue weighted by molar-refractivity contribution is 0.561. The lowest BCUT2D eigenvalue weighted by Gasteiger charge is -2.19. The van der Waals surface area contributed by atoms with Crippen LogP contribution < -0.4 is 5.19 Å². The second-order valence-corrected chi connectivity index (χ2v) is 14.9. The molecular weight excluding hydrogens is 408 g/mol. The van der Waals surface area contributed by atoms with E-state index in [1.54, 1.807) is 0 Å². The van der Waals surface area contributed by atoms with Gasteiger partial charge in [0.1, 0.15) is 5.52 Å². The second-order valence-electron chi connectivity index (χ2n) is 9.83. The van der Waals surface area contributed by atoms with Crippen molar-refractivity contribution in [1.29, 1.82) is 0 Å². The summed E-state index contributed by atoms with van der Waals surface area (Å²) in [6.45, 7) is 13.3. The molecule has 0 aliphatic rings. The molecular formula is C28H28N2OSi. The molecule has 0 N–H and O–H groups in total. The van der Waals surface area contributed by atoms with Crippen molar-refractivity contribution >= 4 is 35.3 Å². The van der Waals surface area contributed by atoms with Gasteiger partial charge in [0, 0.05) is 17.9 Å². The number of pyridine rings is 1. The zero-order valence-corrected chi connectivity index (χ0v) is 20.6. The van der Waals surface area contributed by atoms with E-state index in [2.05, 4.69) is 93.1 Å². The van der Waals surface area contributed by atoms with Crippen LogP contribution in [0.2, 0.25) is 19.6 Å². The highest BCUT2D eigenvalue weighted by Crippen LogP contribution is 2.34. The fourth-order valence-electron chi connectivity index (χ4n) is 4.41. The van der Waals surface area contributed by atoms with Crippen molar-refractivity contribution in [3.05, 3.63) is 77.7 Å². The number of oxazole rings is 1. The van der Waals surface area contributed by atoms with Gasteiger partial charge in [-0.25, -0.2) is 9.97 Å². The Morgan fingerprint density at radius 2 is 1.44 bits per heavy atom. The van der Waals surface area contributed by atoms with Gasteiger partial charge < -0.3 is 4.42 Å². The van der Waals surface area contributed by atoms with Crippen molar-refractivity contribution in [3.8, 4) is 22.4 Å². The average Bonchev–Trinajstić information content (AvgIpc) is 3.10. The number of aryl methyl sites for hydroxylation is 3. The number of benzene rings is 3. The van der Waals surface area contributed by atoms with Gasteiger partial charge in [-0.05, 0) is 61.4 Å². The van der Waals surface area contributed by atoms with Gasteiger partial charge in [0.25, 0.3) is 0 Å². The lowest BCUT2D eigenvalue weighted by Crippen LogP contribution is -2.37. The Morgan fingerprint density at radius 1 is 0.688 bits per heavy atom. The molecule has 2 aromatic heterocycles. The summed E-state index contributed by atoms with van der Waals surface area (Å²) in [5, 5.41) is 2.63. The van der Waals surface area contributed by atoms with E-state index in [0.29, 0.717) is 5.89 Å². The molecule has 160 valence electrons. The van der Waals surface area contributed by atoms with E-state index in [0.717, 1.165) is 33.4 Å². The van der Waals surface area contributed by atoms with Gasteiger partial charge in [0.2, 0.25) is 0 Å². The summed E-state index contributed by atoms with van der Waals surface area (Å²) in [5.41, 5.74) is 9.70. The van der Waals surface area contributed by atoms with Crippen LogP contribution in [0.15, 0.2) is 65.1 Å². The third-order valence-electron chi connectivity index (χ3n) is 6.00. The van der Waals surface area contributed by atoms with E-state index in [9.17, 15) is 0 Å². The molecule has 3 aromatic carbocycles. The van der Waals surface area contributed by atoms with Gasteiger partial charge in [-0.1, -0.05) is 60.2 Å². The summed E-state index contributed by atoms with van der Waals surface area (Å²) in [7, 11) is -1.46. The summed E-state index contributed by atoms with van der Waals surface area (Å²) in [6, 6.07) is 22.0. The number of rotatable bonds is 3. The van der Waals surface area contributed by atoms with Crippen molar-refractivity contribution in [1.82, 2.24) is 9.97 Å². The Kier molecular flexibility index (Phi) is 4.79. The average molecular weight is 437 g/mol. The first-order valence-corrected chi connectivity index (χ1v) is 14.6. The summed E-state index contributed by atoms with van der Waals surface area (Å²) >= 11 is 0. The van der Waals surface area contributed by atoms with Crippen LogP contribution in [-0.4, -0.2) is 18.0 Å². The number of hydrogen-bond acceptors (Lipinski definition) is 3. The highest BCUT2D eigenvalue weighted by molar-refractivity contribution is 6.88. The molecule has 0 aliphatic heterocycles. The van der Waals surface area contributed by atoms with Crippen LogP contribution in [0.1, 0.15) is 17.0 Å². The zero-order chi connectivity index (χ0) is 22.6. The molecule has 2 heterocycles. The monoisotopic (exact) mass is 436 g/mol. The van der Waals surface area contributed by atoms with Crippen LogP contribution in [-0.2, 0) is 0 Å². The van der Waals surface area contributed by atoms with Crippen molar-refractivity contribution in [3.63, 3.8) is 0 Å². The first kappa shape index (κ1) is 20.6. The van der Waals surface area contributed by atoms with E-state index in [1.807, 2.05) is 13.0 Å². The fraction of sp³-hybridized carbons (Fsp3) is 0.214. The second kappa shape index (κ2) is 7.42. The van der Waals surface area contributed by atoms with Gasteiger partial charge in [-0.3, -0.25) is 0 Å². The maximum Gasteiger partial charge on any atom is 0.192 e. The Morgan fingerprint density at radius 3 is 2.16 bits per heavy atom. The maximum atomic E-state index is 5.71. The molecule has 0 aliphatic carbocycles. The first-order chi connectivity index (χ1) is 15.2. The fourth-order valence-corrected chi connectivity index (χ4v) is 5.57. The van der Waals surface area contributed by atoms with Crippen molar-refractivity contribution < 1.29 is 4.42 Å². The third kappa shape index (κ3) is 3.75. The van der Waals surface area contributed by atoms with Crippen molar-refractivity contribution in [2.45, 2.75) is 40.4 Å². The van der Waals surface area contributed by atoms with Crippen LogP contribution in [0.5, 0.6) is 0 Å². The minimum atomic E-state index is -1.46. The SMILES string of the molecule is Cc1cc(C)cc(-c2cc(-c3ccc4oc(C)nc4c3)c3cc([Si](C)(C)C)ccc3n2)c1. The molecule has 0 spiro atoms. The zero-order valence-electron chi connectivity index (χ0n) is 19.6. The van der Waals surface area contributed by atoms with E-state index < -0.39 is 8.07 Å². The van der Waals surface area contributed by atoms with Crippen LogP contribution >= 0.6 is 0 Å². The summed E-state index contributed by atoms with van der Waals surface area (Å²) in [5.74, 6) is 0.689. The topological polar surface area (TPSA) is 38.9 Å². The lowest BCUT2D eigenvalue weighted by atomic mass is 9.97. The molecule has 4 heteroatoms. The Labute approximate surface area is 190 Å². The van der Waals surface area contributed by atoms with Crippen LogP contribution in [0.3, 0.4) is 0 Å². The van der Waals surface area contributed by atoms with Gasteiger partial charge in [-0.15, -0.1) is 0 Å². The molecule has 32 heavy (non-hydrogen) atoms. The van der Waals surface area contributed by atoms with E-state index in [4.69, 9.17) is 9.40 Å². The quantitative estimate of drug-likeness (QED) is 0.281. The summed E-state index contributed by atoms with van der Waals surface area (Å²) in [6.07, 6.45) is 0. The van der Waals surface area contributed by atoms with Gasteiger partial charge >= 0.3 is 0 Å². The third-order valence-corrected chi connectivity index (χ3v) is 8.04. The van der Waals surface area contributed by atoms with Crippen molar-refractivity contribution in [2.24, 2.45) is 0 Å². The Hall–Kier alpha value is -3.24. The molecule has 0 atom stereocenters. The molecule has 0 saturated carbocycles. The van der Waals surface area contributed by atoms with Crippen LogP contribution in [0.25, 0.3) is 44.4 Å². The maximum absolute atomic E-state index is 5.71. The molecule has 0 fully saturated rings. The smallest absolute Gasteiger partial charge is 0.192 e. The molecule has 0 amide bonds. The predicted octanol–water partition coefficient (Wildman–Crippen LogP) is 7.18. The molecule has 0 bridgehead atoms. The Bertz CT molecular complexity index is 1470. The summed E-state index contributed by atoms with van der Waals surface area (Å²) < 4.78 is 5.71. The van der Waals surface area contributed by atoms with E-state index in [1.165, 1.54) is 27.3 Å². The van der Waals surface area contributed by atoms with E-state index in [-0.39, 0.29) is 0 Å². The predicted molar refractivity (Wildman–Crippen MR) is 137 cm³/mol. The standard InChI is InChI=1S/C28H28N2OSi/c1-17-11-18(2)13-21(12-17)26-16-23(20-7-10-28-27(14-20)29-19(3)31-28)24-15-22(32(4,5)6)8-9-25(24)30-26/h7-16H,1-6H3. The largest absolute Gasteiger partial charge is 0.441 e. The Balaban J connectivity index is 1.81. The number of fused-ring (bicyclic) bond motifs is 2. The molecule has 0 radical (unpaired) electrons. The van der Waals surface area contributed by atoms with Gasteiger partial charge in [-0.2, -0.15) is 0 Å². The highest BCUT2D eigenvalue weighted by atomic mass is 28.3. The van der Waals surface area contributed by atoms with Gasteiger partial charge in [0.15, 0.2) is 11.5 Å². The normalized spacial score (nSPS) is 12.1. The van der Waals surface area contributed by atoms with Crippen LogP contribution in [0, 0.1) is 20.8 Å². The molecule has 0 unspecified atom stereocenters. The number of aromatic nitrogens is 2. The minimum Gasteiger partial charge on any atom is -0.441 e. The summed E-state index contributed by atoms with van der Waals surface area (Å²) in [4.78, 5) is 9.65. The van der Waals surface area contributed by atoms with Crippen molar-refractivity contribution in [2.75, 3.05) is 0 Å². The van der Waals surface area contributed by atoms with Gasteiger partial charge in [0.05, 0.1) is 19.3 Å². The molecule has 3 nitrogen and oxygen atoms in total. The molecule has 5 aromatic rings. The first-order valence-electron chi connectivity index (χ1n) is 11.1. The van der Waals surface area contributed by atoms with E-state index >= 15 is 0 Å². The minimum absolute atomic E-state index is 0.689. The highest BCUT2D eigenvalue weighted by Gasteiger charge is 2.19.